The fraction of sp³-hybridized carbons (Fsp3) is 0.231. The first kappa shape index (κ1) is 14.2. The summed E-state index contributed by atoms with van der Waals surface area (Å²) in [4.78, 5) is 0. The van der Waals surface area contributed by atoms with E-state index in [0.717, 1.165) is 11.1 Å². The molecule has 18 heavy (non-hydrogen) atoms. The van der Waals surface area contributed by atoms with Gasteiger partial charge in [0.1, 0.15) is 4.34 Å². The van der Waals surface area contributed by atoms with Crippen molar-refractivity contribution in [1.29, 1.82) is 0 Å². The van der Waals surface area contributed by atoms with Gasteiger partial charge in [-0.15, -0.1) is 11.3 Å². The second kappa shape index (κ2) is 5.81. The first-order valence-electron chi connectivity index (χ1n) is 5.35. The van der Waals surface area contributed by atoms with Crippen LogP contribution in [0.2, 0.25) is 13.7 Å². The van der Waals surface area contributed by atoms with Gasteiger partial charge in [0.05, 0.1) is 10.4 Å². The smallest absolute Gasteiger partial charge is 0.100 e. The molecule has 1 N–H and O–H groups in total. The van der Waals surface area contributed by atoms with Crippen molar-refractivity contribution in [2.75, 3.05) is 0 Å². The minimum atomic E-state index is -0.693. The first-order valence-corrected chi connectivity index (χ1v) is 7.30. The Bertz CT molecular complexity index is 565. The Morgan fingerprint density at radius 2 is 1.94 bits per heavy atom. The van der Waals surface area contributed by atoms with Gasteiger partial charge in [0.25, 0.3) is 0 Å². The van der Waals surface area contributed by atoms with Crippen LogP contribution in [0.5, 0.6) is 0 Å². The van der Waals surface area contributed by atoms with E-state index in [1.807, 2.05) is 25.1 Å². The molecule has 1 unspecified atom stereocenters. The molecule has 96 valence electrons. The summed E-state index contributed by atoms with van der Waals surface area (Å²) in [5, 5.41) is 10.8. The number of aliphatic hydroxyl groups is 1. The molecule has 0 spiro atoms. The average Bonchev–Trinajstić information content (AvgIpc) is 2.62. The van der Waals surface area contributed by atoms with E-state index in [1.165, 1.54) is 11.3 Å². The molecule has 0 aliphatic carbocycles. The summed E-state index contributed by atoms with van der Waals surface area (Å²) in [6.45, 7) is 1.97. The molecule has 1 atom stereocenters. The predicted molar refractivity (Wildman–Crippen MR) is 79.2 cm³/mol. The minimum Gasteiger partial charge on any atom is -0.388 e. The zero-order chi connectivity index (χ0) is 13.3. The molecule has 0 radical (unpaired) electrons. The Balaban J connectivity index is 2.21. The summed E-state index contributed by atoms with van der Waals surface area (Å²) in [5.41, 5.74) is 2.64. The number of rotatable bonds is 3. The highest BCUT2D eigenvalue weighted by Gasteiger charge is 2.16. The zero-order valence-electron chi connectivity index (χ0n) is 9.58. The molecule has 0 aliphatic heterocycles. The summed E-state index contributed by atoms with van der Waals surface area (Å²) < 4.78 is 1.10. The lowest BCUT2D eigenvalue weighted by molar-refractivity contribution is 0.179. The Morgan fingerprint density at radius 1 is 1.22 bits per heavy atom. The van der Waals surface area contributed by atoms with E-state index < -0.39 is 6.10 Å². The van der Waals surface area contributed by atoms with Crippen LogP contribution in [-0.2, 0) is 6.42 Å². The Labute approximate surface area is 125 Å². The lowest BCUT2D eigenvalue weighted by atomic mass is 10.0. The van der Waals surface area contributed by atoms with Gasteiger partial charge in [0.2, 0.25) is 0 Å². The van der Waals surface area contributed by atoms with Crippen molar-refractivity contribution in [3.05, 3.63) is 54.7 Å². The lowest BCUT2D eigenvalue weighted by Crippen LogP contribution is -2.01. The van der Waals surface area contributed by atoms with Gasteiger partial charge in [-0.25, -0.2) is 0 Å². The number of aliphatic hydroxyl groups excluding tert-OH is 1. The van der Waals surface area contributed by atoms with Crippen molar-refractivity contribution in [2.24, 2.45) is 0 Å². The van der Waals surface area contributed by atoms with Crippen LogP contribution in [0.25, 0.3) is 0 Å². The highest BCUT2D eigenvalue weighted by molar-refractivity contribution is 7.20. The number of hydrogen-bond acceptors (Lipinski definition) is 2. The summed E-state index contributed by atoms with van der Waals surface area (Å²) >= 11 is 19.3. The lowest BCUT2D eigenvalue weighted by Gasteiger charge is -2.11. The second-order valence-electron chi connectivity index (χ2n) is 4.09. The Kier molecular flexibility index (Phi) is 4.57. The third-order valence-corrected chi connectivity index (χ3v) is 4.53. The molecule has 5 heteroatoms. The third kappa shape index (κ3) is 3.19. The maximum absolute atomic E-state index is 10.2. The van der Waals surface area contributed by atoms with Crippen molar-refractivity contribution in [1.82, 2.24) is 0 Å². The Hall–Kier alpha value is -0.250. The molecule has 0 fully saturated rings. The van der Waals surface area contributed by atoms with Crippen LogP contribution in [0, 0.1) is 6.92 Å². The highest BCUT2D eigenvalue weighted by Crippen LogP contribution is 2.36. The molecular formula is C13H11Cl3OS. The molecule has 0 aliphatic rings. The van der Waals surface area contributed by atoms with Gasteiger partial charge in [-0.3, -0.25) is 0 Å². The zero-order valence-corrected chi connectivity index (χ0v) is 12.7. The van der Waals surface area contributed by atoms with Gasteiger partial charge in [-0.05, 0) is 30.2 Å². The molecule has 0 amide bonds. The topological polar surface area (TPSA) is 20.2 Å². The van der Waals surface area contributed by atoms with Crippen LogP contribution < -0.4 is 0 Å². The SMILES string of the molecule is Cc1ccc(CC(O)c2cc(Cl)sc2Cl)c(Cl)c1. The van der Waals surface area contributed by atoms with E-state index in [-0.39, 0.29) is 0 Å². The average molecular weight is 322 g/mol. The van der Waals surface area contributed by atoms with Crippen LogP contribution in [0.1, 0.15) is 22.8 Å². The summed E-state index contributed by atoms with van der Waals surface area (Å²) in [7, 11) is 0. The summed E-state index contributed by atoms with van der Waals surface area (Å²) in [6.07, 6.45) is -0.271. The van der Waals surface area contributed by atoms with Crippen LogP contribution in [-0.4, -0.2) is 5.11 Å². The molecule has 1 heterocycles. The number of aryl methyl sites for hydroxylation is 1. The van der Waals surface area contributed by atoms with Crippen LogP contribution in [0.15, 0.2) is 24.3 Å². The van der Waals surface area contributed by atoms with Gasteiger partial charge in [0, 0.05) is 17.0 Å². The standard InChI is InChI=1S/C13H11Cl3OS/c1-7-2-3-8(10(14)4-7)5-11(17)9-6-12(15)18-13(9)16/h2-4,6,11,17H,5H2,1H3. The summed E-state index contributed by atoms with van der Waals surface area (Å²) in [6, 6.07) is 7.46. The van der Waals surface area contributed by atoms with Crippen molar-refractivity contribution < 1.29 is 5.11 Å². The fourth-order valence-electron chi connectivity index (χ4n) is 1.72. The van der Waals surface area contributed by atoms with Gasteiger partial charge in [-0.2, -0.15) is 0 Å². The largest absolute Gasteiger partial charge is 0.388 e. The molecule has 0 bridgehead atoms. The van der Waals surface area contributed by atoms with Crippen LogP contribution in [0.4, 0.5) is 0 Å². The van der Waals surface area contributed by atoms with Crippen LogP contribution >= 0.6 is 46.1 Å². The number of thiophene rings is 1. The molecule has 2 rings (SSSR count). The van der Waals surface area contributed by atoms with E-state index in [9.17, 15) is 5.11 Å². The predicted octanol–water partition coefficient (Wildman–Crippen LogP) is 5.29. The monoisotopic (exact) mass is 320 g/mol. The van der Waals surface area contributed by atoms with Crippen molar-refractivity contribution >= 4 is 46.1 Å². The van der Waals surface area contributed by atoms with Crippen LogP contribution in [0.3, 0.4) is 0 Å². The third-order valence-electron chi connectivity index (χ3n) is 2.66. The van der Waals surface area contributed by atoms with Gasteiger partial charge >= 0.3 is 0 Å². The fourth-order valence-corrected chi connectivity index (χ4v) is 3.60. The number of halogens is 3. The van der Waals surface area contributed by atoms with Crippen molar-refractivity contribution in [3.63, 3.8) is 0 Å². The molecule has 1 aromatic heterocycles. The number of benzene rings is 1. The Morgan fingerprint density at radius 3 is 2.50 bits per heavy atom. The molecule has 2 aromatic rings. The first-order chi connectivity index (χ1) is 8.47. The summed E-state index contributed by atoms with van der Waals surface area (Å²) in [5.74, 6) is 0. The maximum atomic E-state index is 10.2. The van der Waals surface area contributed by atoms with E-state index >= 15 is 0 Å². The maximum Gasteiger partial charge on any atom is 0.100 e. The van der Waals surface area contributed by atoms with Gasteiger partial charge in [-0.1, -0.05) is 46.9 Å². The molecular weight excluding hydrogens is 311 g/mol. The number of hydrogen-bond donors (Lipinski definition) is 1. The van der Waals surface area contributed by atoms with Gasteiger partial charge in [0.15, 0.2) is 0 Å². The van der Waals surface area contributed by atoms with E-state index in [0.29, 0.717) is 25.7 Å². The quantitative estimate of drug-likeness (QED) is 0.814. The molecule has 0 saturated heterocycles. The van der Waals surface area contributed by atoms with Gasteiger partial charge < -0.3 is 5.11 Å². The second-order valence-corrected chi connectivity index (χ2v) is 6.79. The van der Waals surface area contributed by atoms with Crippen molar-refractivity contribution in [2.45, 2.75) is 19.4 Å². The highest BCUT2D eigenvalue weighted by atomic mass is 35.5. The van der Waals surface area contributed by atoms with Crippen molar-refractivity contribution in [3.8, 4) is 0 Å². The normalized spacial score (nSPS) is 12.7. The molecule has 0 saturated carbocycles. The van der Waals surface area contributed by atoms with E-state index in [2.05, 4.69) is 0 Å². The van der Waals surface area contributed by atoms with E-state index in [4.69, 9.17) is 34.8 Å². The molecule has 1 aromatic carbocycles. The molecule has 1 nitrogen and oxygen atoms in total. The minimum absolute atomic E-state index is 0.423. The van der Waals surface area contributed by atoms with E-state index in [1.54, 1.807) is 6.07 Å².